The lowest BCUT2D eigenvalue weighted by atomic mass is 9.75. The van der Waals surface area contributed by atoms with Crippen LogP contribution in [0.2, 0.25) is 0 Å². The summed E-state index contributed by atoms with van der Waals surface area (Å²) in [7, 11) is 3.59. The largest absolute Gasteiger partial charge is 0.496 e. The van der Waals surface area contributed by atoms with Gasteiger partial charge in [-0.15, -0.1) is 0 Å². The first-order valence-corrected chi connectivity index (χ1v) is 8.94. The molecule has 0 aliphatic heterocycles. The molecule has 0 bridgehead atoms. The molecule has 0 amide bonds. The molecule has 0 radical (unpaired) electrons. The van der Waals surface area contributed by atoms with Gasteiger partial charge in [-0.1, -0.05) is 18.2 Å². The van der Waals surface area contributed by atoms with Crippen molar-refractivity contribution >= 4 is 11.1 Å². The average Bonchev–Trinajstić information content (AvgIpc) is 2.98. The standard InChI is InChI=1S/C22H22O2/c1-23-18-11-10-13-6-5-9-16-17-12-19(24-2)14-7-3-4-8-15(14)21(17)22(18)20(13)16/h3,7,10-12,15H,4-6,8-9H2,1-2H3. The lowest BCUT2D eigenvalue weighted by Gasteiger charge is -2.30. The molecule has 0 saturated carbocycles. The van der Waals surface area contributed by atoms with Crippen molar-refractivity contribution in [2.75, 3.05) is 14.2 Å². The Morgan fingerprint density at radius 1 is 1.04 bits per heavy atom. The topological polar surface area (TPSA) is 18.5 Å². The van der Waals surface area contributed by atoms with E-state index in [1.54, 1.807) is 14.2 Å². The highest BCUT2D eigenvalue weighted by Crippen LogP contribution is 2.46. The monoisotopic (exact) mass is 318 g/mol. The van der Waals surface area contributed by atoms with E-state index in [4.69, 9.17) is 9.47 Å². The van der Waals surface area contributed by atoms with Crippen molar-refractivity contribution in [2.24, 2.45) is 5.92 Å². The number of allylic oxidation sites excluding steroid dienone is 5. The summed E-state index contributed by atoms with van der Waals surface area (Å²) < 4.78 is 11.5. The first kappa shape index (κ1) is 14.2. The second-order valence-electron chi connectivity index (χ2n) is 7.04. The third-order valence-corrected chi connectivity index (χ3v) is 5.96. The minimum Gasteiger partial charge on any atom is -0.496 e. The predicted octanol–water partition coefficient (Wildman–Crippen LogP) is 3.15. The van der Waals surface area contributed by atoms with Crippen molar-refractivity contribution in [1.82, 2.24) is 0 Å². The normalized spacial score (nSPS) is 23.6. The molecular formula is C22H22O2. The quantitative estimate of drug-likeness (QED) is 0.834. The number of hydrogen-bond donors (Lipinski definition) is 0. The molecule has 1 aromatic rings. The molecule has 2 heteroatoms. The van der Waals surface area contributed by atoms with Crippen molar-refractivity contribution in [3.63, 3.8) is 0 Å². The van der Waals surface area contributed by atoms with Crippen molar-refractivity contribution in [3.8, 4) is 5.75 Å². The van der Waals surface area contributed by atoms with Crippen LogP contribution in [-0.2, 0) is 11.2 Å². The molecule has 4 aliphatic rings. The van der Waals surface area contributed by atoms with Crippen LogP contribution in [0.25, 0.3) is 11.1 Å². The predicted molar refractivity (Wildman–Crippen MR) is 96.0 cm³/mol. The molecule has 1 aromatic carbocycles. The van der Waals surface area contributed by atoms with Crippen LogP contribution in [0, 0.1) is 5.92 Å². The van der Waals surface area contributed by atoms with E-state index in [1.807, 2.05) is 0 Å². The van der Waals surface area contributed by atoms with Gasteiger partial charge in [0.2, 0.25) is 0 Å². The molecule has 5 rings (SSSR count). The van der Waals surface area contributed by atoms with Gasteiger partial charge in [-0.2, -0.15) is 0 Å². The van der Waals surface area contributed by atoms with Gasteiger partial charge in [0, 0.05) is 16.7 Å². The molecule has 0 heterocycles. The highest BCUT2D eigenvalue weighted by Gasteiger charge is 2.36. The Balaban J connectivity index is 1.93. The van der Waals surface area contributed by atoms with Crippen molar-refractivity contribution in [3.05, 3.63) is 63.3 Å². The Morgan fingerprint density at radius 3 is 2.79 bits per heavy atom. The lowest BCUT2D eigenvalue weighted by Crippen LogP contribution is -2.33. The molecule has 4 aliphatic carbocycles. The zero-order chi connectivity index (χ0) is 16.3. The molecule has 122 valence electrons. The number of fused-ring (bicyclic) bond motifs is 4. The second-order valence-corrected chi connectivity index (χ2v) is 7.04. The van der Waals surface area contributed by atoms with Crippen LogP contribution in [0.3, 0.4) is 0 Å². The lowest BCUT2D eigenvalue weighted by molar-refractivity contribution is 0.298. The first-order valence-electron chi connectivity index (χ1n) is 8.94. The van der Waals surface area contributed by atoms with E-state index in [0.29, 0.717) is 5.92 Å². The Hall–Kier alpha value is -2.22. The molecule has 0 saturated heterocycles. The van der Waals surface area contributed by atoms with Crippen molar-refractivity contribution in [1.29, 1.82) is 0 Å². The summed E-state index contributed by atoms with van der Waals surface area (Å²) >= 11 is 0. The van der Waals surface area contributed by atoms with E-state index in [1.165, 1.54) is 51.1 Å². The van der Waals surface area contributed by atoms with Crippen LogP contribution in [0.4, 0.5) is 0 Å². The van der Waals surface area contributed by atoms with E-state index in [2.05, 4.69) is 30.4 Å². The van der Waals surface area contributed by atoms with Crippen LogP contribution < -0.4 is 15.2 Å². The van der Waals surface area contributed by atoms with E-state index in [-0.39, 0.29) is 0 Å². The zero-order valence-electron chi connectivity index (χ0n) is 14.3. The molecule has 24 heavy (non-hydrogen) atoms. The summed E-state index contributed by atoms with van der Waals surface area (Å²) in [5.74, 6) is 2.51. The van der Waals surface area contributed by atoms with Gasteiger partial charge in [-0.05, 0) is 71.7 Å². The third-order valence-electron chi connectivity index (χ3n) is 5.96. The minimum absolute atomic E-state index is 0.434. The summed E-state index contributed by atoms with van der Waals surface area (Å²) in [6, 6.07) is 4.43. The minimum atomic E-state index is 0.434. The van der Waals surface area contributed by atoms with Gasteiger partial charge in [-0.3, -0.25) is 0 Å². The summed E-state index contributed by atoms with van der Waals surface area (Å²) in [6.45, 7) is 0. The molecule has 0 spiro atoms. The highest BCUT2D eigenvalue weighted by atomic mass is 16.5. The Kier molecular flexibility index (Phi) is 3.03. The average molecular weight is 318 g/mol. The second kappa shape index (κ2) is 5.14. The summed E-state index contributed by atoms with van der Waals surface area (Å²) in [5, 5.41) is 2.83. The van der Waals surface area contributed by atoms with Crippen LogP contribution in [-0.4, -0.2) is 14.2 Å². The molecule has 2 nitrogen and oxygen atoms in total. The first-order chi connectivity index (χ1) is 11.8. The fraction of sp³-hybridized carbons (Fsp3) is 0.364. The van der Waals surface area contributed by atoms with Crippen LogP contribution in [0.1, 0.15) is 31.2 Å². The maximum Gasteiger partial charge on any atom is 0.127 e. The van der Waals surface area contributed by atoms with Gasteiger partial charge >= 0.3 is 0 Å². The Bertz CT molecular complexity index is 956. The zero-order valence-corrected chi connectivity index (χ0v) is 14.3. The fourth-order valence-corrected chi connectivity index (χ4v) is 4.98. The van der Waals surface area contributed by atoms with E-state index >= 15 is 0 Å². The van der Waals surface area contributed by atoms with Crippen LogP contribution in [0.15, 0.2) is 47.3 Å². The number of aryl methyl sites for hydroxylation is 1. The maximum atomic E-state index is 5.78. The van der Waals surface area contributed by atoms with Gasteiger partial charge in [0.05, 0.1) is 14.2 Å². The van der Waals surface area contributed by atoms with Gasteiger partial charge in [-0.25, -0.2) is 0 Å². The third kappa shape index (κ3) is 1.71. The van der Waals surface area contributed by atoms with Gasteiger partial charge in [0.1, 0.15) is 11.5 Å². The van der Waals surface area contributed by atoms with E-state index < -0.39 is 0 Å². The SMILES string of the molecule is COC1=C2C=CCCC2C2=c3c(OC)ccc4c3=C(CCC4)C2=C1. The van der Waals surface area contributed by atoms with Crippen LogP contribution in [0.5, 0.6) is 5.75 Å². The highest BCUT2D eigenvalue weighted by molar-refractivity contribution is 5.95. The fourth-order valence-electron chi connectivity index (χ4n) is 4.98. The molecule has 0 aromatic heterocycles. The summed E-state index contributed by atoms with van der Waals surface area (Å²) in [6.07, 6.45) is 12.7. The van der Waals surface area contributed by atoms with Gasteiger partial charge in [0.25, 0.3) is 0 Å². The number of hydrogen-bond acceptors (Lipinski definition) is 2. The van der Waals surface area contributed by atoms with E-state index in [0.717, 1.165) is 30.8 Å². The van der Waals surface area contributed by atoms with Crippen LogP contribution >= 0.6 is 0 Å². The summed E-state index contributed by atoms with van der Waals surface area (Å²) in [5.41, 5.74) is 7.24. The van der Waals surface area contributed by atoms with Crippen molar-refractivity contribution in [2.45, 2.75) is 32.1 Å². The number of rotatable bonds is 2. The van der Waals surface area contributed by atoms with Crippen molar-refractivity contribution < 1.29 is 9.47 Å². The van der Waals surface area contributed by atoms with E-state index in [9.17, 15) is 0 Å². The molecule has 0 N–H and O–H groups in total. The maximum absolute atomic E-state index is 5.78. The Morgan fingerprint density at radius 2 is 1.96 bits per heavy atom. The smallest absolute Gasteiger partial charge is 0.127 e. The molecule has 1 unspecified atom stereocenters. The van der Waals surface area contributed by atoms with Gasteiger partial charge < -0.3 is 9.47 Å². The molecule has 0 fully saturated rings. The Labute approximate surface area is 142 Å². The van der Waals surface area contributed by atoms with Gasteiger partial charge in [0.15, 0.2) is 0 Å². The number of benzene rings is 1. The number of methoxy groups -OCH3 is 2. The summed E-state index contributed by atoms with van der Waals surface area (Å²) in [4.78, 5) is 0. The number of ether oxygens (including phenoxy) is 2. The molecule has 1 atom stereocenters. The molecular weight excluding hydrogens is 296 g/mol.